The first kappa shape index (κ1) is 9.89. The summed E-state index contributed by atoms with van der Waals surface area (Å²) in [6.07, 6.45) is 0.320. The number of nitrogens with two attached hydrogens (primary N) is 1. The zero-order valence-corrected chi connectivity index (χ0v) is 9.04. The Morgan fingerprint density at radius 2 is 2.06 bits per heavy atom. The van der Waals surface area contributed by atoms with Gasteiger partial charge in [0.15, 0.2) is 5.78 Å². The molecule has 0 bridgehead atoms. The number of benzene rings is 1. The topological polar surface area (TPSA) is 88.0 Å². The fourth-order valence-corrected chi connectivity index (χ4v) is 2.17. The normalized spacial score (nSPS) is 15.5. The van der Waals surface area contributed by atoms with Gasteiger partial charge in [-0.1, -0.05) is 0 Å². The molecule has 0 saturated heterocycles. The van der Waals surface area contributed by atoms with Crippen molar-refractivity contribution in [2.45, 2.75) is 6.42 Å². The summed E-state index contributed by atoms with van der Waals surface area (Å²) in [5.74, 6) is -0.268. The second-order valence-electron chi connectivity index (χ2n) is 4.11. The van der Waals surface area contributed by atoms with Gasteiger partial charge in [0.2, 0.25) is 0 Å². The van der Waals surface area contributed by atoms with Gasteiger partial charge < -0.3 is 16.0 Å². The third-order valence-corrected chi connectivity index (χ3v) is 2.97. The predicted octanol–water partition coefficient (Wildman–Crippen LogP) is 1.07. The lowest BCUT2D eigenvalue weighted by atomic mass is 10.0. The van der Waals surface area contributed by atoms with Crippen LogP contribution in [0.15, 0.2) is 18.2 Å². The van der Waals surface area contributed by atoms with E-state index in [0.717, 1.165) is 10.9 Å². The molecular formula is C12H11N3O2. The number of hydrogen-bond donors (Lipinski definition) is 3. The Kier molecular flexibility index (Phi) is 1.95. The lowest BCUT2D eigenvalue weighted by Crippen LogP contribution is -2.23. The van der Waals surface area contributed by atoms with Crippen LogP contribution in [-0.4, -0.2) is 23.2 Å². The van der Waals surface area contributed by atoms with Crippen LogP contribution in [0, 0.1) is 0 Å². The third kappa shape index (κ3) is 1.39. The summed E-state index contributed by atoms with van der Waals surface area (Å²) >= 11 is 0. The maximum atomic E-state index is 12.0. The van der Waals surface area contributed by atoms with Crippen molar-refractivity contribution in [2.75, 3.05) is 12.3 Å². The van der Waals surface area contributed by atoms with Gasteiger partial charge in [0.05, 0.1) is 5.56 Å². The van der Waals surface area contributed by atoms with Crippen LogP contribution in [0.1, 0.15) is 27.3 Å². The molecule has 4 N–H and O–H groups in total. The highest BCUT2D eigenvalue weighted by Gasteiger charge is 2.25. The summed E-state index contributed by atoms with van der Waals surface area (Å²) in [6.45, 7) is 0.379. The lowest BCUT2D eigenvalue weighted by Gasteiger charge is -1.97. The Morgan fingerprint density at radius 3 is 2.88 bits per heavy atom. The van der Waals surface area contributed by atoms with Crippen LogP contribution in [0.2, 0.25) is 0 Å². The molecular weight excluding hydrogens is 218 g/mol. The van der Waals surface area contributed by atoms with Gasteiger partial charge >= 0.3 is 0 Å². The van der Waals surface area contributed by atoms with E-state index in [9.17, 15) is 9.59 Å². The Bertz CT molecular complexity index is 642. The lowest BCUT2D eigenvalue weighted by molar-refractivity contribution is 0.0952. The molecule has 0 unspecified atom stereocenters. The average molecular weight is 229 g/mol. The van der Waals surface area contributed by atoms with Crippen LogP contribution in [0.4, 0.5) is 5.69 Å². The van der Waals surface area contributed by atoms with Crippen LogP contribution < -0.4 is 11.1 Å². The molecule has 0 fully saturated rings. The second-order valence-corrected chi connectivity index (χ2v) is 4.11. The second kappa shape index (κ2) is 3.35. The first-order chi connectivity index (χ1) is 8.16. The monoisotopic (exact) mass is 229 g/mol. The van der Waals surface area contributed by atoms with Crippen LogP contribution in [0.5, 0.6) is 0 Å². The molecule has 0 aliphatic carbocycles. The van der Waals surface area contributed by atoms with Gasteiger partial charge in [-0.2, -0.15) is 0 Å². The number of rotatable bonds is 0. The van der Waals surface area contributed by atoms with Crippen molar-refractivity contribution >= 4 is 28.3 Å². The SMILES string of the molecule is Nc1ccc2[nH]c3c(c2c1)C(=O)CCNC3=O. The summed E-state index contributed by atoms with van der Waals surface area (Å²) in [5.41, 5.74) is 7.85. The van der Waals surface area contributed by atoms with Crippen molar-refractivity contribution < 1.29 is 9.59 Å². The van der Waals surface area contributed by atoms with E-state index in [2.05, 4.69) is 10.3 Å². The number of fused-ring (bicyclic) bond motifs is 3. The molecule has 0 radical (unpaired) electrons. The first-order valence-corrected chi connectivity index (χ1v) is 5.39. The quantitative estimate of drug-likeness (QED) is 0.590. The number of nitrogens with one attached hydrogen (secondary N) is 2. The highest BCUT2D eigenvalue weighted by Crippen LogP contribution is 2.26. The molecule has 17 heavy (non-hydrogen) atoms. The molecule has 1 amide bonds. The number of amides is 1. The maximum Gasteiger partial charge on any atom is 0.268 e. The van der Waals surface area contributed by atoms with Crippen LogP contribution in [-0.2, 0) is 0 Å². The van der Waals surface area contributed by atoms with E-state index >= 15 is 0 Å². The van der Waals surface area contributed by atoms with E-state index < -0.39 is 0 Å². The van der Waals surface area contributed by atoms with E-state index in [4.69, 9.17) is 5.73 Å². The number of H-pyrrole nitrogens is 1. The van der Waals surface area contributed by atoms with E-state index in [1.54, 1.807) is 18.2 Å². The van der Waals surface area contributed by atoms with Crippen LogP contribution in [0.25, 0.3) is 10.9 Å². The zero-order chi connectivity index (χ0) is 12.0. The van der Waals surface area contributed by atoms with E-state index in [1.807, 2.05) is 0 Å². The smallest absolute Gasteiger partial charge is 0.268 e. The number of anilines is 1. The molecule has 1 aliphatic heterocycles. The molecule has 1 aromatic carbocycles. The largest absolute Gasteiger partial charge is 0.399 e. The number of nitrogen functional groups attached to an aromatic ring is 1. The number of aromatic nitrogens is 1. The molecule has 1 aromatic heterocycles. The van der Waals surface area contributed by atoms with Crippen molar-refractivity contribution in [3.05, 3.63) is 29.5 Å². The predicted molar refractivity (Wildman–Crippen MR) is 64.0 cm³/mol. The standard InChI is InChI=1S/C12H11N3O2/c13-6-1-2-8-7(5-6)10-9(16)3-4-14-12(17)11(10)15-8/h1-2,5,15H,3-4,13H2,(H,14,17). The molecule has 0 spiro atoms. The number of hydrogen-bond acceptors (Lipinski definition) is 3. The van der Waals surface area contributed by atoms with E-state index in [-0.39, 0.29) is 11.7 Å². The highest BCUT2D eigenvalue weighted by molar-refractivity contribution is 6.17. The van der Waals surface area contributed by atoms with Crippen LogP contribution in [0.3, 0.4) is 0 Å². The van der Waals surface area contributed by atoms with Gasteiger partial charge in [-0.15, -0.1) is 0 Å². The summed E-state index contributed by atoms with van der Waals surface area (Å²) in [4.78, 5) is 26.7. The first-order valence-electron chi connectivity index (χ1n) is 5.39. The molecule has 0 saturated carbocycles. The van der Waals surface area contributed by atoms with Gasteiger partial charge in [0, 0.05) is 29.6 Å². The molecule has 5 heteroatoms. The van der Waals surface area contributed by atoms with E-state index in [0.29, 0.717) is 29.9 Å². The van der Waals surface area contributed by atoms with Gasteiger partial charge in [0.1, 0.15) is 5.69 Å². The number of carbonyl (C=O) groups excluding carboxylic acids is 2. The van der Waals surface area contributed by atoms with Crippen LogP contribution >= 0.6 is 0 Å². The van der Waals surface area contributed by atoms with Crippen molar-refractivity contribution in [3.8, 4) is 0 Å². The average Bonchev–Trinajstić information content (AvgIpc) is 2.60. The number of ketones is 1. The number of carbonyl (C=O) groups is 2. The Labute approximate surface area is 97.0 Å². The highest BCUT2D eigenvalue weighted by atomic mass is 16.2. The zero-order valence-electron chi connectivity index (χ0n) is 9.04. The van der Waals surface area contributed by atoms with Gasteiger partial charge in [-0.3, -0.25) is 9.59 Å². The minimum atomic E-state index is -0.236. The van der Waals surface area contributed by atoms with Crippen molar-refractivity contribution in [1.82, 2.24) is 10.3 Å². The van der Waals surface area contributed by atoms with E-state index in [1.165, 1.54) is 0 Å². The molecule has 3 rings (SSSR count). The minimum absolute atomic E-state index is 0.0322. The van der Waals surface area contributed by atoms with Gasteiger partial charge in [-0.25, -0.2) is 0 Å². The van der Waals surface area contributed by atoms with Crippen molar-refractivity contribution in [1.29, 1.82) is 0 Å². The summed E-state index contributed by atoms with van der Waals surface area (Å²) in [5, 5.41) is 3.41. The molecule has 1 aliphatic rings. The Morgan fingerprint density at radius 1 is 1.24 bits per heavy atom. The molecule has 2 aromatic rings. The van der Waals surface area contributed by atoms with Crippen molar-refractivity contribution in [3.63, 3.8) is 0 Å². The Balaban J connectivity index is 2.38. The third-order valence-electron chi connectivity index (χ3n) is 2.97. The Hall–Kier alpha value is -2.30. The summed E-state index contributed by atoms with van der Waals surface area (Å²) in [7, 11) is 0. The number of aromatic amines is 1. The van der Waals surface area contributed by atoms with Crippen molar-refractivity contribution in [2.24, 2.45) is 0 Å². The number of Topliss-reactive ketones (excluding diaryl/α,β-unsaturated/α-hetero) is 1. The minimum Gasteiger partial charge on any atom is -0.399 e. The van der Waals surface area contributed by atoms with Gasteiger partial charge in [-0.05, 0) is 18.2 Å². The molecule has 5 nitrogen and oxygen atoms in total. The molecule has 86 valence electrons. The van der Waals surface area contributed by atoms with Gasteiger partial charge in [0.25, 0.3) is 5.91 Å². The fourth-order valence-electron chi connectivity index (χ4n) is 2.17. The molecule has 0 atom stereocenters. The molecule has 2 heterocycles. The maximum absolute atomic E-state index is 12.0. The fraction of sp³-hybridized carbons (Fsp3) is 0.167. The summed E-state index contributed by atoms with van der Waals surface area (Å²) in [6, 6.07) is 5.24. The summed E-state index contributed by atoms with van der Waals surface area (Å²) < 4.78 is 0.